The molecule has 6 heteroatoms. The maximum Gasteiger partial charge on any atom is 0.251 e. The number of nitrogens with one attached hydrogen (secondary N) is 1. The Labute approximate surface area is 151 Å². The molecule has 3 aromatic rings. The molecule has 2 aromatic carbocycles. The number of nitrogens with zero attached hydrogens (tertiary/aromatic N) is 2. The number of amides is 1. The highest BCUT2D eigenvalue weighted by molar-refractivity contribution is 5.94. The van der Waals surface area contributed by atoms with Gasteiger partial charge in [0.25, 0.3) is 5.91 Å². The second-order valence-electron chi connectivity index (χ2n) is 5.82. The molecule has 6 nitrogen and oxygen atoms in total. The van der Waals surface area contributed by atoms with E-state index in [0.29, 0.717) is 29.7 Å². The van der Waals surface area contributed by atoms with Crippen LogP contribution in [0.2, 0.25) is 0 Å². The number of aromatic nitrogens is 2. The average Bonchev–Trinajstić information content (AvgIpc) is 3.14. The molecule has 0 aliphatic heterocycles. The SMILES string of the molecule is C=C(C)COc1ccc(C(=O)NCc2nnc(-c3ccccc3)o2)cc1. The van der Waals surface area contributed by atoms with Crippen LogP contribution in [0.5, 0.6) is 5.75 Å². The van der Waals surface area contributed by atoms with Crippen LogP contribution in [-0.2, 0) is 6.54 Å². The van der Waals surface area contributed by atoms with E-state index in [2.05, 4.69) is 22.1 Å². The highest BCUT2D eigenvalue weighted by Crippen LogP contribution is 2.17. The Morgan fingerprint density at radius 1 is 1.12 bits per heavy atom. The van der Waals surface area contributed by atoms with Crippen LogP contribution in [0.25, 0.3) is 11.5 Å². The number of ether oxygens (including phenoxy) is 1. The standard InChI is InChI=1S/C20H19N3O3/c1-14(2)13-25-17-10-8-15(9-11-17)19(24)21-12-18-22-23-20(26-18)16-6-4-3-5-7-16/h3-11H,1,12-13H2,2H3,(H,21,24). The summed E-state index contributed by atoms with van der Waals surface area (Å²) < 4.78 is 11.1. The summed E-state index contributed by atoms with van der Waals surface area (Å²) in [5.41, 5.74) is 2.29. The van der Waals surface area contributed by atoms with E-state index in [1.54, 1.807) is 24.3 Å². The number of hydrogen-bond acceptors (Lipinski definition) is 5. The quantitative estimate of drug-likeness (QED) is 0.659. The monoisotopic (exact) mass is 349 g/mol. The Morgan fingerprint density at radius 3 is 2.54 bits per heavy atom. The lowest BCUT2D eigenvalue weighted by Crippen LogP contribution is -2.22. The minimum atomic E-state index is -0.226. The first kappa shape index (κ1) is 17.4. The van der Waals surface area contributed by atoms with Crippen molar-refractivity contribution in [2.75, 3.05) is 6.61 Å². The molecule has 0 aliphatic carbocycles. The van der Waals surface area contributed by atoms with Gasteiger partial charge in [-0.1, -0.05) is 24.8 Å². The lowest BCUT2D eigenvalue weighted by Gasteiger charge is -2.07. The van der Waals surface area contributed by atoms with Gasteiger partial charge in [0, 0.05) is 11.1 Å². The van der Waals surface area contributed by atoms with Crippen molar-refractivity contribution in [3.63, 3.8) is 0 Å². The summed E-state index contributed by atoms with van der Waals surface area (Å²) in [6, 6.07) is 16.4. The van der Waals surface area contributed by atoms with Crippen LogP contribution in [0.4, 0.5) is 0 Å². The van der Waals surface area contributed by atoms with E-state index in [1.807, 2.05) is 37.3 Å². The molecular weight excluding hydrogens is 330 g/mol. The Morgan fingerprint density at radius 2 is 1.85 bits per heavy atom. The molecule has 0 radical (unpaired) electrons. The van der Waals surface area contributed by atoms with Gasteiger partial charge in [-0.05, 0) is 48.9 Å². The summed E-state index contributed by atoms with van der Waals surface area (Å²) in [5, 5.41) is 10.7. The first-order valence-corrected chi connectivity index (χ1v) is 8.15. The van der Waals surface area contributed by atoms with E-state index >= 15 is 0 Å². The fourth-order valence-corrected chi connectivity index (χ4v) is 2.19. The van der Waals surface area contributed by atoms with Crippen molar-refractivity contribution in [3.8, 4) is 17.2 Å². The Bertz CT molecular complexity index is 886. The third-order valence-corrected chi connectivity index (χ3v) is 3.49. The van der Waals surface area contributed by atoms with Crippen LogP contribution < -0.4 is 10.1 Å². The van der Waals surface area contributed by atoms with Gasteiger partial charge in [0.05, 0.1) is 6.54 Å². The van der Waals surface area contributed by atoms with Crippen LogP contribution >= 0.6 is 0 Å². The summed E-state index contributed by atoms with van der Waals surface area (Å²) in [5.74, 6) is 1.23. The predicted molar refractivity (Wildman–Crippen MR) is 97.7 cm³/mol. The smallest absolute Gasteiger partial charge is 0.251 e. The van der Waals surface area contributed by atoms with Gasteiger partial charge >= 0.3 is 0 Å². The van der Waals surface area contributed by atoms with Crippen molar-refractivity contribution in [2.45, 2.75) is 13.5 Å². The van der Waals surface area contributed by atoms with Gasteiger partial charge in [-0.2, -0.15) is 0 Å². The van der Waals surface area contributed by atoms with Gasteiger partial charge in [0.2, 0.25) is 11.8 Å². The zero-order valence-electron chi connectivity index (χ0n) is 14.4. The summed E-state index contributed by atoms with van der Waals surface area (Å²) in [4.78, 5) is 12.2. The first-order valence-electron chi connectivity index (χ1n) is 8.15. The lowest BCUT2D eigenvalue weighted by atomic mass is 10.2. The van der Waals surface area contributed by atoms with Gasteiger partial charge in [-0.25, -0.2) is 0 Å². The number of hydrogen-bond donors (Lipinski definition) is 1. The van der Waals surface area contributed by atoms with Crippen molar-refractivity contribution in [1.29, 1.82) is 0 Å². The molecule has 0 fully saturated rings. The van der Waals surface area contributed by atoms with Crippen molar-refractivity contribution in [2.24, 2.45) is 0 Å². The summed E-state index contributed by atoms with van der Waals surface area (Å²) >= 11 is 0. The Balaban J connectivity index is 1.55. The number of carbonyl (C=O) groups excluding carboxylic acids is 1. The van der Waals surface area contributed by atoms with Crippen molar-refractivity contribution in [1.82, 2.24) is 15.5 Å². The van der Waals surface area contributed by atoms with E-state index in [1.165, 1.54) is 0 Å². The molecule has 1 heterocycles. The second-order valence-corrected chi connectivity index (χ2v) is 5.82. The first-order chi connectivity index (χ1) is 12.6. The zero-order valence-corrected chi connectivity index (χ0v) is 14.4. The number of carbonyl (C=O) groups is 1. The minimum absolute atomic E-state index is 0.159. The fraction of sp³-hybridized carbons (Fsp3) is 0.150. The van der Waals surface area contributed by atoms with Gasteiger partial charge in [-0.3, -0.25) is 4.79 Å². The fourth-order valence-electron chi connectivity index (χ4n) is 2.19. The van der Waals surface area contributed by atoms with E-state index in [0.717, 1.165) is 11.1 Å². The molecule has 1 aromatic heterocycles. The second kappa shape index (κ2) is 8.11. The van der Waals surface area contributed by atoms with Gasteiger partial charge in [0.1, 0.15) is 12.4 Å². The topological polar surface area (TPSA) is 77.2 Å². The maximum atomic E-state index is 12.2. The zero-order chi connectivity index (χ0) is 18.4. The summed E-state index contributed by atoms with van der Waals surface area (Å²) in [6.07, 6.45) is 0. The molecular formula is C20H19N3O3. The third kappa shape index (κ3) is 4.57. The van der Waals surface area contributed by atoms with E-state index in [4.69, 9.17) is 9.15 Å². The summed E-state index contributed by atoms with van der Waals surface area (Å²) in [6.45, 7) is 6.28. The molecule has 0 spiro atoms. The van der Waals surface area contributed by atoms with E-state index < -0.39 is 0 Å². The van der Waals surface area contributed by atoms with Crippen LogP contribution in [0.15, 0.2) is 71.2 Å². The van der Waals surface area contributed by atoms with Crippen molar-refractivity contribution < 1.29 is 13.9 Å². The molecule has 0 saturated heterocycles. The Kier molecular flexibility index (Phi) is 5.43. The molecule has 3 rings (SSSR count). The van der Waals surface area contributed by atoms with E-state index in [9.17, 15) is 4.79 Å². The molecule has 0 unspecified atom stereocenters. The van der Waals surface area contributed by atoms with Crippen molar-refractivity contribution >= 4 is 5.91 Å². The van der Waals surface area contributed by atoms with Crippen LogP contribution in [0.1, 0.15) is 23.2 Å². The van der Waals surface area contributed by atoms with Crippen LogP contribution in [0, 0.1) is 0 Å². The summed E-state index contributed by atoms with van der Waals surface area (Å²) in [7, 11) is 0. The number of rotatable bonds is 7. The molecule has 0 bridgehead atoms. The van der Waals surface area contributed by atoms with Crippen LogP contribution in [0.3, 0.4) is 0 Å². The average molecular weight is 349 g/mol. The third-order valence-electron chi connectivity index (χ3n) is 3.49. The van der Waals surface area contributed by atoms with Crippen molar-refractivity contribution in [3.05, 3.63) is 78.2 Å². The van der Waals surface area contributed by atoms with Crippen LogP contribution in [-0.4, -0.2) is 22.7 Å². The van der Waals surface area contributed by atoms with Gasteiger partial charge < -0.3 is 14.5 Å². The molecule has 1 N–H and O–H groups in total. The highest BCUT2D eigenvalue weighted by Gasteiger charge is 2.11. The molecule has 132 valence electrons. The van der Waals surface area contributed by atoms with Gasteiger partial charge in [0.15, 0.2) is 0 Å². The lowest BCUT2D eigenvalue weighted by molar-refractivity contribution is 0.0947. The van der Waals surface area contributed by atoms with Gasteiger partial charge in [-0.15, -0.1) is 10.2 Å². The maximum absolute atomic E-state index is 12.2. The van der Waals surface area contributed by atoms with E-state index in [-0.39, 0.29) is 12.5 Å². The molecule has 0 atom stereocenters. The molecule has 0 saturated carbocycles. The molecule has 26 heavy (non-hydrogen) atoms. The predicted octanol–water partition coefficient (Wildman–Crippen LogP) is 3.62. The normalized spacial score (nSPS) is 10.3. The Hall–Kier alpha value is -3.41. The highest BCUT2D eigenvalue weighted by atomic mass is 16.5. The largest absolute Gasteiger partial charge is 0.489 e. The number of benzene rings is 2. The minimum Gasteiger partial charge on any atom is -0.489 e. The molecule has 1 amide bonds. The molecule has 0 aliphatic rings.